The van der Waals surface area contributed by atoms with Crippen LogP contribution < -0.4 is 0 Å². The van der Waals surface area contributed by atoms with Crippen LogP contribution in [0.2, 0.25) is 5.02 Å². The number of piperazine rings is 1. The lowest BCUT2D eigenvalue weighted by Gasteiger charge is -2.40. The summed E-state index contributed by atoms with van der Waals surface area (Å²) in [5.41, 5.74) is 2.35. The summed E-state index contributed by atoms with van der Waals surface area (Å²) >= 11 is 6.08. The van der Waals surface area contributed by atoms with E-state index in [4.69, 9.17) is 26.6 Å². The van der Waals surface area contributed by atoms with Crippen LogP contribution in [-0.2, 0) is 14.3 Å². The minimum Gasteiger partial charge on any atom is -0.478 e. The second kappa shape index (κ2) is 15.5. The van der Waals surface area contributed by atoms with Crippen molar-refractivity contribution >= 4 is 23.5 Å². The van der Waals surface area contributed by atoms with E-state index in [0.717, 1.165) is 42.9 Å². The Kier molecular flexibility index (Phi) is 12.1. The molecule has 4 rings (SSSR count). The molecule has 0 radical (unpaired) electrons. The lowest BCUT2D eigenvalue weighted by molar-refractivity contribution is -0.134. The maximum atomic E-state index is 9.55. The van der Waals surface area contributed by atoms with Crippen LogP contribution in [-0.4, -0.2) is 77.3 Å². The van der Waals surface area contributed by atoms with Gasteiger partial charge in [0.1, 0.15) is 6.10 Å². The van der Waals surface area contributed by atoms with Gasteiger partial charge in [-0.05, 0) is 36.1 Å². The van der Waals surface area contributed by atoms with E-state index in [-0.39, 0.29) is 6.10 Å². The molecule has 8 heteroatoms. The van der Waals surface area contributed by atoms with Crippen LogP contribution in [0, 0.1) is 0 Å². The second-order valence-corrected chi connectivity index (χ2v) is 9.83. The SMILES string of the molecule is Clc1ccc(C(OCCN2CCN(C3CCCCC3)CC2)c2ccccc2)cc1.O=C(O)C=CC(=O)O. The normalized spacial score (nSPS) is 18.2. The molecule has 1 saturated carbocycles. The molecule has 2 aromatic rings. The van der Waals surface area contributed by atoms with Crippen LogP contribution in [0.4, 0.5) is 0 Å². The summed E-state index contributed by atoms with van der Waals surface area (Å²) in [6, 6.07) is 19.4. The van der Waals surface area contributed by atoms with Gasteiger partial charge in [0.15, 0.2) is 0 Å². The van der Waals surface area contributed by atoms with Crippen LogP contribution in [0.15, 0.2) is 66.7 Å². The van der Waals surface area contributed by atoms with Gasteiger partial charge in [0, 0.05) is 55.9 Å². The van der Waals surface area contributed by atoms with Crippen molar-refractivity contribution in [1.29, 1.82) is 0 Å². The third kappa shape index (κ3) is 10.3. The Hall–Kier alpha value is -2.71. The molecule has 0 bridgehead atoms. The molecule has 37 heavy (non-hydrogen) atoms. The number of nitrogens with zero attached hydrogens (tertiary/aromatic N) is 2. The summed E-state index contributed by atoms with van der Waals surface area (Å²) in [5, 5.41) is 16.4. The molecular weight excluding hydrogens is 492 g/mol. The lowest BCUT2D eigenvalue weighted by Crippen LogP contribution is -2.51. The molecule has 7 nitrogen and oxygen atoms in total. The smallest absolute Gasteiger partial charge is 0.328 e. The van der Waals surface area contributed by atoms with Gasteiger partial charge in [0.05, 0.1) is 6.61 Å². The molecule has 1 saturated heterocycles. The molecule has 2 N–H and O–H groups in total. The molecule has 0 amide bonds. The number of benzene rings is 2. The van der Waals surface area contributed by atoms with Crippen LogP contribution >= 0.6 is 11.6 Å². The number of carboxylic acids is 2. The van der Waals surface area contributed by atoms with E-state index in [9.17, 15) is 9.59 Å². The van der Waals surface area contributed by atoms with Crippen molar-refractivity contribution in [2.75, 3.05) is 39.3 Å². The van der Waals surface area contributed by atoms with Gasteiger partial charge >= 0.3 is 11.9 Å². The van der Waals surface area contributed by atoms with E-state index in [1.807, 2.05) is 18.2 Å². The highest BCUT2D eigenvalue weighted by atomic mass is 35.5. The van der Waals surface area contributed by atoms with E-state index in [1.165, 1.54) is 50.8 Å². The molecule has 2 fully saturated rings. The Morgan fingerprint density at radius 1 is 0.865 bits per heavy atom. The first-order valence-electron chi connectivity index (χ1n) is 12.9. The summed E-state index contributed by atoms with van der Waals surface area (Å²) in [7, 11) is 0. The number of carboxylic acid groups (broad SMARTS) is 2. The molecule has 200 valence electrons. The van der Waals surface area contributed by atoms with E-state index in [2.05, 4.69) is 46.2 Å². The van der Waals surface area contributed by atoms with Crippen molar-refractivity contribution < 1.29 is 24.5 Å². The third-order valence-electron chi connectivity index (χ3n) is 6.83. The number of hydrogen-bond acceptors (Lipinski definition) is 5. The third-order valence-corrected chi connectivity index (χ3v) is 7.09. The zero-order valence-electron chi connectivity index (χ0n) is 21.2. The molecule has 2 aliphatic rings. The van der Waals surface area contributed by atoms with Crippen molar-refractivity contribution in [3.63, 3.8) is 0 Å². The van der Waals surface area contributed by atoms with Gasteiger partial charge in [0.25, 0.3) is 0 Å². The van der Waals surface area contributed by atoms with Crippen molar-refractivity contribution in [3.05, 3.63) is 82.9 Å². The molecule has 0 aromatic heterocycles. The molecule has 1 unspecified atom stereocenters. The van der Waals surface area contributed by atoms with Gasteiger partial charge in [-0.15, -0.1) is 0 Å². The summed E-state index contributed by atoms with van der Waals surface area (Å²) in [4.78, 5) is 24.4. The fraction of sp³-hybridized carbons (Fsp3) is 0.448. The minimum absolute atomic E-state index is 0.0444. The fourth-order valence-corrected chi connectivity index (χ4v) is 5.02. The maximum Gasteiger partial charge on any atom is 0.328 e. The molecule has 1 atom stereocenters. The van der Waals surface area contributed by atoms with Crippen LogP contribution in [0.3, 0.4) is 0 Å². The standard InChI is InChI=1S/C25H33ClN2O.C4H4O4/c26-23-13-11-22(12-14-23)25(21-7-3-1-4-8-21)29-20-19-27-15-17-28(18-16-27)24-9-5-2-6-10-24;5-3(6)1-2-4(7)8/h1,3-4,7-8,11-14,24-25H,2,5-6,9-10,15-20H2;1-2H,(H,5,6)(H,7,8). The van der Waals surface area contributed by atoms with Crippen molar-refractivity contribution in [2.24, 2.45) is 0 Å². The zero-order valence-corrected chi connectivity index (χ0v) is 21.9. The Morgan fingerprint density at radius 3 is 2.00 bits per heavy atom. The fourth-order valence-electron chi connectivity index (χ4n) is 4.89. The van der Waals surface area contributed by atoms with Crippen LogP contribution in [0.25, 0.3) is 0 Å². The average Bonchev–Trinajstić information content (AvgIpc) is 2.92. The average molecular weight is 529 g/mol. The molecular formula is C29H37ClN2O5. The first-order chi connectivity index (χ1) is 17.9. The Bertz CT molecular complexity index is 969. The summed E-state index contributed by atoms with van der Waals surface area (Å²) in [6.45, 7) is 6.49. The second-order valence-electron chi connectivity index (χ2n) is 9.39. The van der Waals surface area contributed by atoms with Gasteiger partial charge in [0.2, 0.25) is 0 Å². The highest BCUT2D eigenvalue weighted by molar-refractivity contribution is 6.30. The largest absolute Gasteiger partial charge is 0.478 e. The zero-order chi connectivity index (χ0) is 26.5. The molecule has 0 spiro atoms. The Balaban J connectivity index is 0.000000414. The highest BCUT2D eigenvalue weighted by Gasteiger charge is 2.25. The minimum atomic E-state index is -1.26. The van der Waals surface area contributed by atoms with Gasteiger partial charge in [-0.3, -0.25) is 9.80 Å². The molecule has 2 aromatic carbocycles. The van der Waals surface area contributed by atoms with E-state index in [1.54, 1.807) is 0 Å². The number of halogens is 1. The topological polar surface area (TPSA) is 90.3 Å². The van der Waals surface area contributed by atoms with Crippen LogP contribution in [0.5, 0.6) is 0 Å². The van der Waals surface area contributed by atoms with Crippen molar-refractivity contribution in [2.45, 2.75) is 44.2 Å². The number of carbonyl (C=O) groups is 2. The molecule has 1 aliphatic carbocycles. The number of rotatable bonds is 9. The summed E-state index contributed by atoms with van der Waals surface area (Å²) in [6.07, 6.45) is 8.16. The first-order valence-corrected chi connectivity index (χ1v) is 13.3. The summed E-state index contributed by atoms with van der Waals surface area (Å²) < 4.78 is 6.40. The van der Waals surface area contributed by atoms with Gasteiger partial charge in [-0.2, -0.15) is 0 Å². The van der Waals surface area contributed by atoms with Gasteiger partial charge in [-0.25, -0.2) is 9.59 Å². The number of hydrogen-bond donors (Lipinski definition) is 2. The van der Waals surface area contributed by atoms with Crippen molar-refractivity contribution in [3.8, 4) is 0 Å². The van der Waals surface area contributed by atoms with E-state index < -0.39 is 11.9 Å². The Labute approximate surface area is 224 Å². The molecule has 1 heterocycles. The molecule has 1 aliphatic heterocycles. The lowest BCUT2D eigenvalue weighted by atomic mass is 9.94. The van der Waals surface area contributed by atoms with Gasteiger partial charge in [-0.1, -0.05) is 73.3 Å². The predicted octanol–water partition coefficient (Wildman–Crippen LogP) is 5.11. The van der Waals surface area contributed by atoms with Crippen LogP contribution in [0.1, 0.15) is 49.3 Å². The van der Waals surface area contributed by atoms with E-state index in [0.29, 0.717) is 12.2 Å². The van der Waals surface area contributed by atoms with E-state index >= 15 is 0 Å². The maximum absolute atomic E-state index is 9.55. The predicted molar refractivity (Wildman–Crippen MR) is 145 cm³/mol. The Morgan fingerprint density at radius 2 is 1.43 bits per heavy atom. The first kappa shape index (κ1) is 28.9. The summed E-state index contributed by atoms with van der Waals surface area (Å²) in [5.74, 6) is -2.51. The van der Waals surface area contributed by atoms with Gasteiger partial charge < -0.3 is 14.9 Å². The quantitative estimate of drug-likeness (QED) is 0.437. The monoisotopic (exact) mass is 528 g/mol. The highest BCUT2D eigenvalue weighted by Crippen LogP contribution is 2.27. The van der Waals surface area contributed by atoms with Crippen molar-refractivity contribution in [1.82, 2.24) is 9.80 Å². The number of aliphatic carboxylic acids is 2. The number of ether oxygens (including phenoxy) is 1.